The van der Waals surface area contributed by atoms with Crippen molar-refractivity contribution in [2.24, 2.45) is 0 Å². The Labute approximate surface area is 186 Å². The lowest BCUT2D eigenvalue weighted by molar-refractivity contribution is -0.118. The SMILES string of the molecule is COc1cccc(OCC(=O)Nc2ccc(Nc3cc(N4CCOCC4)cnn3)cc2)c1. The molecule has 9 heteroatoms. The summed E-state index contributed by atoms with van der Waals surface area (Å²) in [6.45, 7) is 2.99. The number of rotatable bonds is 8. The molecular formula is C23H25N5O4. The maximum absolute atomic E-state index is 12.2. The first-order chi connectivity index (χ1) is 15.7. The lowest BCUT2D eigenvalue weighted by Crippen LogP contribution is -2.36. The summed E-state index contributed by atoms with van der Waals surface area (Å²) in [6, 6.07) is 16.4. The van der Waals surface area contributed by atoms with Crippen molar-refractivity contribution in [2.45, 2.75) is 0 Å². The third kappa shape index (κ3) is 5.86. The third-order valence-electron chi connectivity index (χ3n) is 4.87. The number of carbonyl (C=O) groups is 1. The highest BCUT2D eigenvalue weighted by Gasteiger charge is 2.12. The van der Waals surface area contributed by atoms with Crippen molar-refractivity contribution in [2.75, 3.05) is 55.6 Å². The number of aromatic nitrogens is 2. The van der Waals surface area contributed by atoms with Crippen LogP contribution in [0.5, 0.6) is 11.5 Å². The average Bonchev–Trinajstić information content (AvgIpc) is 2.85. The van der Waals surface area contributed by atoms with Crippen LogP contribution < -0.4 is 25.0 Å². The molecule has 1 aliphatic heterocycles. The molecule has 0 atom stereocenters. The molecule has 32 heavy (non-hydrogen) atoms. The number of carbonyl (C=O) groups excluding carboxylic acids is 1. The highest BCUT2D eigenvalue weighted by atomic mass is 16.5. The van der Waals surface area contributed by atoms with Gasteiger partial charge in [0.1, 0.15) is 11.5 Å². The first-order valence-electron chi connectivity index (χ1n) is 10.3. The monoisotopic (exact) mass is 435 g/mol. The van der Waals surface area contributed by atoms with Crippen LogP contribution in [0.25, 0.3) is 0 Å². The summed E-state index contributed by atoms with van der Waals surface area (Å²) < 4.78 is 16.1. The second-order valence-electron chi connectivity index (χ2n) is 7.12. The predicted molar refractivity (Wildman–Crippen MR) is 122 cm³/mol. The Balaban J connectivity index is 1.29. The van der Waals surface area contributed by atoms with Crippen LogP contribution in [0.2, 0.25) is 0 Å². The van der Waals surface area contributed by atoms with Gasteiger partial charge in [-0.05, 0) is 36.4 Å². The lowest BCUT2D eigenvalue weighted by Gasteiger charge is -2.28. The third-order valence-corrected chi connectivity index (χ3v) is 4.87. The van der Waals surface area contributed by atoms with E-state index in [2.05, 4.69) is 25.7 Å². The van der Waals surface area contributed by atoms with Crippen LogP contribution in [-0.2, 0) is 9.53 Å². The molecule has 0 aliphatic carbocycles. The number of ether oxygens (including phenoxy) is 3. The number of morpholine rings is 1. The first-order valence-corrected chi connectivity index (χ1v) is 10.3. The fourth-order valence-corrected chi connectivity index (χ4v) is 3.23. The summed E-state index contributed by atoms with van der Waals surface area (Å²) in [5, 5.41) is 14.3. The minimum atomic E-state index is -0.252. The zero-order valence-electron chi connectivity index (χ0n) is 17.8. The largest absolute Gasteiger partial charge is 0.497 e. The fraction of sp³-hybridized carbons (Fsp3) is 0.261. The number of nitrogens with zero attached hydrogens (tertiary/aromatic N) is 3. The zero-order valence-corrected chi connectivity index (χ0v) is 17.8. The average molecular weight is 435 g/mol. The molecule has 0 radical (unpaired) electrons. The summed E-state index contributed by atoms with van der Waals surface area (Å²) in [7, 11) is 1.58. The Morgan fingerprint density at radius 3 is 2.59 bits per heavy atom. The van der Waals surface area contributed by atoms with Crippen molar-refractivity contribution in [1.29, 1.82) is 0 Å². The van der Waals surface area contributed by atoms with Crippen molar-refractivity contribution >= 4 is 28.8 Å². The molecule has 2 aromatic carbocycles. The normalized spacial score (nSPS) is 13.3. The number of benzene rings is 2. The zero-order chi connectivity index (χ0) is 22.2. The summed E-state index contributed by atoms with van der Waals surface area (Å²) in [5.41, 5.74) is 2.51. The van der Waals surface area contributed by atoms with Crippen LogP contribution in [0.4, 0.5) is 22.9 Å². The fourth-order valence-electron chi connectivity index (χ4n) is 3.23. The van der Waals surface area contributed by atoms with Gasteiger partial charge in [0.2, 0.25) is 0 Å². The molecule has 2 N–H and O–H groups in total. The van der Waals surface area contributed by atoms with Crippen LogP contribution in [-0.4, -0.2) is 56.1 Å². The first kappa shape index (κ1) is 21.4. The summed E-state index contributed by atoms with van der Waals surface area (Å²) >= 11 is 0. The predicted octanol–water partition coefficient (Wildman–Crippen LogP) is 3.08. The van der Waals surface area contributed by atoms with E-state index < -0.39 is 0 Å². The maximum Gasteiger partial charge on any atom is 0.262 e. The van der Waals surface area contributed by atoms with E-state index in [4.69, 9.17) is 14.2 Å². The number of nitrogens with one attached hydrogen (secondary N) is 2. The highest BCUT2D eigenvalue weighted by Crippen LogP contribution is 2.22. The summed E-state index contributed by atoms with van der Waals surface area (Å²) in [6.07, 6.45) is 1.75. The van der Waals surface area contributed by atoms with Gasteiger partial charge in [0.15, 0.2) is 12.4 Å². The molecule has 9 nitrogen and oxygen atoms in total. The van der Waals surface area contributed by atoms with Gasteiger partial charge in [-0.15, -0.1) is 5.10 Å². The number of hydrogen-bond acceptors (Lipinski definition) is 8. The molecule has 1 aromatic heterocycles. The quantitative estimate of drug-likeness (QED) is 0.557. The van der Waals surface area contributed by atoms with Crippen molar-refractivity contribution < 1.29 is 19.0 Å². The molecule has 0 bridgehead atoms. The topological polar surface area (TPSA) is 97.8 Å². The molecule has 3 aromatic rings. The van der Waals surface area contributed by atoms with E-state index in [9.17, 15) is 4.79 Å². The Kier molecular flexibility index (Phi) is 6.98. The minimum absolute atomic E-state index is 0.100. The Morgan fingerprint density at radius 1 is 1.06 bits per heavy atom. The summed E-state index contributed by atoms with van der Waals surface area (Å²) in [4.78, 5) is 14.4. The number of hydrogen-bond donors (Lipinski definition) is 2. The van der Waals surface area contributed by atoms with Gasteiger partial charge in [-0.3, -0.25) is 4.79 Å². The number of amides is 1. The molecule has 0 unspecified atom stereocenters. The maximum atomic E-state index is 12.2. The van der Waals surface area contributed by atoms with Gasteiger partial charge >= 0.3 is 0 Å². The van der Waals surface area contributed by atoms with Crippen LogP contribution in [0.3, 0.4) is 0 Å². The van der Waals surface area contributed by atoms with Gasteiger partial charge in [-0.25, -0.2) is 0 Å². The van der Waals surface area contributed by atoms with Crippen LogP contribution in [0, 0.1) is 0 Å². The summed E-state index contributed by atoms with van der Waals surface area (Å²) in [5.74, 6) is 1.64. The van der Waals surface area contributed by atoms with E-state index in [-0.39, 0.29) is 12.5 Å². The lowest BCUT2D eigenvalue weighted by atomic mass is 10.2. The van der Waals surface area contributed by atoms with Gasteiger partial charge in [0, 0.05) is 36.6 Å². The molecule has 1 aliphatic rings. The Morgan fingerprint density at radius 2 is 1.81 bits per heavy atom. The van der Waals surface area contributed by atoms with Crippen molar-refractivity contribution in [1.82, 2.24) is 10.2 Å². The molecule has 0 spiro atoms. The van der Waals surface area contributed by atoms with Gasteiger partial charge in [-0.2, -0.15) is 5.10 Å². The van der Waals surface area contributed by atoms with Crippen LogP contribution >= 0.6 is 0 Å². The molecule has 1 fully saturated rings. The standard InChI is InChI=1S/C23H25N5O4/c1-30-20-3-2-4-21(14-20)32-16-23(29)26-18-7-5-17(6-8-18)25-22-13-19(15-24-27-22)28-9-11-31-12-10-28/h2-8,13-15H,9-12,16H2,1H3,(H,25,27)(H,26,29). The van der Waals surface area contributed by atoms with Crippen LogP contribution in [0.15, 0.2) is 60.8 Å². The highest BCUT2D eigenvalue weighted by molar-refractivity contribution is 5.92. The molecular weight excluding hydrogens is 410 g/mol. The van der Waals surface area contributed by atoms with Gasteiger partial charge in [0.25, 0.3) is 5.91 Å². The van der Waals surface area contributed by atoms with Crippen molar-refractivity contribution in [3.05, 3.63) is 60.8 Å². The molecule has 0 saturated carbocycles. The minimum Gasteiger partial charge on any atom is -0.497 e. The number of methoxy groups -OCH3 is 1. The molecule has 1 amide bonds. The Bertz CT molecular complexity index is 1040. The van der Waals surface area contributed by atoms with Gasteiger partial charge in [0.05, 0.1) is 32.2 Å². The molecule has 1 saturated heterocycles. The van der Waals surface area contributed by atoms with Gasteiger partial charge < -0.3 is 29.7 Å². The Hall–Kier alpha value is -3.85. The van der Waals surface area contributed by atoms with E-state index in [0.717, 1.165) is 24.5 Å². The smallest absolute Gasteiger partial charge is 0.262 e. The second kappa shape index (κ2) is 10.5. The van der Waals surface area contributed by atoms with Gasteiger partial charge in [-0.1, -0.05) is 6.07 Å². The van der Waals surface area contributed by atoms with Crippen LogP contribution in [0.1, 0.15) is 0 Å². The molecule has 4 rings (SSSR count). The second-order valence-corrected chi connectivity index (χ2v) is 7.12. The van der Waals surface area contributed by atoms with Crippen molar-refractivity contribution in [3.8, 4) is 11.5 Å². The van der Waals surface area contributed by atoms with E-state index in [1.807, 2.05) is 36.4 Å². The van der Waals surface area contributed by atoms with E-state index in [1.165, 1.54) is 0 Å². The van der Waals surface area contributed by atoms with E-state index in [1.54, 1.807) is 31.5 Å². The molecule has 2 heterocycles. The van der Waals surface area contributed by atoms with Crippen molar-refractivity contribution in [3.63, 3.8) is 0 Å². The van der Waals surface area contributed by atoms with E-state index in [0.29, 0.717) is 36.2 Å². The van der Waals surface area contributed by atoms with E-state index >= 15 is 0 Å². The number of anilines is 4. The molecule has 166 valence electrons.